The third-order valence-corrected chi connectivity index (χ3v) is 3.67. The fraction of sp³-hybridized carbons (Fsp3) is 0.200. The van der Waals surface area contributed by atoms with Crippen molar-refractivity contribution in [2.45, 2.75) is 19.4 Å². The number of rotatable bonds is 9. The molecule has 0 saturated heterocycles. The molecule has 1 amide bonds. The smallest absolute Gasteiger partial charge is 0.322 e. The van der Waals surface area contributed by atoms with Gasteiger partial charge in [0, 0.05) is 11.1 Å². The van der Waals surface area contributed by atoms with Crippen molar-refractivity contribution >= 4 is 29.4 Å². The van der Waals surface area contributed by atoms with Gasteiger partial charge in [-0.05, 0) is 55.5 Å². The number of ketones is 1. The topological polar surface area (TPSA) is 122 Å². The predicted molar refractivity (Wildman–Crippen MR) is 99.5 cm³/mol. The van der Waals surface area contributed by atoms with Crippen molar-refractivity contribution in [1.29, 1.82) is 0 Å². The highest BCUT2D eigenvalue weighted by molar-refractivity contribution is 6.09. The summed E-state index contributed by atoms with van der Waals surface area (Å²) < 4.78 is 5.61. The fourth-order valence-electron chi connectivity index (χ4n) is 2.37. The molecule has 0 aromatic heterocycles. The summed E-state index contributed by atoms with van der Waals surface area (Å²) in [4.78, 5) is 48.2. The molecule has 0 spiro atoms. The number of ether oxygens (including phenoxy) is 1. The molecule has 1 atom stereocenters. The number of isocyanates is 1. The lowest BCUT2D eigenvalue weighted by Gasteiger charge is -2.14. The van der Waals surface area contributed by atoms with E-state index < -0.39 is 24.5 Å². The largest absolute Gasteiger partial charge is 0.490 e. The summed E-state index contributed by atoms with van der Waals surface area (Å²) >= 11 is 0. The average Bonchev–Trinajstić information content (AvgIpc) is 2.67. The van der Waals surface area contributed by atoms with Gasteiger partial charge < -0.3 is 15.2 Å². The quantitative estimate of drug-likeness (QED) is 0.390. The number of carbonyl (C=O) groups is 3. The van der Waals surface area contributed by atoms with E-state index in [-0.39, 0.29) is 12.2 Å². The number of nitrogens with zero attached hydrogens (tertiary/aromatic N) is 1. The van der Waals surface area contributed by atoms with E-state index in [9.17, 15) is 19.2 Å². The summed E-state index contributed by atoms with van der Waals surface area (Å²) in [5.41, 5.74) is 1.31. The van der Waals surface area contributed by atoms with Crippen LogP contribution < -0.4 is 10.1 Å². The van der Waals surface area contributed by atoms with Crippen LogP contribution in [0.15, 0.2) is 53.5 Å². The first-order valence-electron chi connectivity index (χ1n) is 8.37. The second-order valence-electron chi connectivity index (χ2n) is 5.91. The first-order chi connectivity index (χ1) is 13.4. The van der Waals surface area contributed by atoms with E-state index in [1.807, 2.05) is 0 Å². The van der Waals surface area contributed by atoms with Crippen molar-refractivity contribution < 1.29 is 29.0 Å². The number of nitrogens with one attached hydrogen (secondary N) is 1. The number of carbonyl (C=O) groups excluding carboxylic acids is 3. The molecular formula is C20H18N2O6. The maximum Gasteiger partial charge on any atom is 0.322 e. The van der Waals surface area contributed by atoms with Gasteiger partial charge in [-0.25, -0.2) is 4.79 Å². The highest BCUT2D eigenvalue weighted by Crippen LogP contribution is 2.19. The van der Waals surface area contributed by atoms with Crippen LogP contribution in [0, 0.1) is 0 Å². The van der Waals surface area contributed by atoms with Gasteiger partial charge in [-0.15, -0.1) is 0 Å². The number of aliphatic carboxylic acids is 1. The zero-order chi connectivity index (χ0) is 20.5. The molecule has 2 N–H and O–H groups in total. The molecular weight excluding hydrogens is 364 g/mol. The molecule has 8 nitrogen and oxygen atoms in total. The molecule has 0 saturated carbocycles. The lowest BCUT2D eigenvalue weighted by molar-refractivity contribution is -0.138. The standard InChI is InChI=1S/C20H18N2O6/c1-13(10-18(24)21-11-19(25)26)28-17-8-4-15(5-9-17)20(27)14-2-6-16(7-3-14)22-12-23/h2-9,13H,10-11H2,1H3,(H,21,24)(H,25,26). The summed E-state index contributed by atoms with van der Waals surface area (Å²) in [5.74, 6) is -1.27. The van der Waals surface area contributed by atoms with Crippen molar-refractivity contribution in [1.82, 2.24) is 5.32 Å². The summed E-state index contributed by atoms with van der Waals surface area (Å²) in [6.07, 6.45) is 0.967. The number of hydrogen-bond acceptors (Lipinski definition) is 6. The highest BCUT2D eigenvalue weighted by atomic mass is 16.5. The Morgan fingerprint density at radius 3 is 2.18 bits per heavy atom. The number of amides is 1. The Morgan fingerprint density at radius 2 is 1.64 bits per heavy atom. The van der Waals surface area contributed by atoms with Crippen LogP contribution >= 0.6 is 0 Å². The summed E-state index contributed by atoms with van der Waals surface area (Å²) in [6.45, 7) is 1.24. The molecule has 0 bridgehead atoms. The third-order valence-electron chi connectivity index (χ3n) is 3.67. The van der Waals surface area contributed by atoms with Crippen LogP contribution in [0.3, 0.4) is 0 Å². The van der Waals surface area contributed by atoms with E-state index >= 15 is 0 Å². The molecule has 0 fully saturated rings. The van der Waals surface area contributed by atoms with Crippen LogP contribution in [-0.4, -0.2) is 41.5 Å². The van der Waals surface area contributed by atoms with Gasteiger partial charge in [-0.3, -0.25) is 14.4 Å². The van der Waals surface area contributed by atoms with Crippen LogP contribution in [0.25, 0.3) is 0 Å². The van der Waals surface area contributed by atoms with Crippen LogP contribution in [0.4, 0.5) is 5.69 Å². The molecule has 0 aliphatic heterocycles. The van der Waals surface area contributed by atoms with Gasteiger partial charge in [-0.1, -0.05) is 0 Å². The van der Waals surface area contributed by atoms with E-state index in [2.05, 4.69) is 10.3 Å². The number of carboxylic acids is 1. The number of hydrogen-bond donors (Lipinski definition) is 2. The Hall–Kier alpha value is -3.77. The van der Waals surface area contributed by atoms with Gasteiger partial charge >= 0.3 is 5.97 Å². The lowest BCUT2D eigenvalue weighted by atomic mass is 10.0. The van der Waals surface area contributed by atoms with Crippen molar-refractivity contribution in [3.05, 3.63) is 59.7 Å². The number of benzene rings is 2. The van der Waals surface area contributed by atoms with E-state index in [1.54, 1.807) is 55.5 Å². The van der Waals surface area contributed by atoms with E-state index in [1.165, 1.54) is 6.08 Å². The predicted octanol–water partition coefficient (Wildman–Crippen LogP) is 2.24. The minimum absolute atomic E-state index is 0.00355. The first-order valence-corrected chi connectivity index (χ1v) is 8.37. The fourth-order valence-corrected chi connectivity index (χ4v) is 2.37. The van der Waals surface area contributed by atoms with Gasteiger partial charge in [0.2, 0.25) is 12.0 Å². The Balaban J connectivity index is 1.95. The van der Waals surface area contributed by atoms with Gasteiger partial charge in [-0.2, -0.15) is 4.99 Å². The third kappa shape index (κ3) is 6.19. The summed E-state index contributed by atoms with van der Waals surface area (Å²) in [7, 11) is 0. The van der Waals surface area contributed by atoms with Crippen molar-refractivity contribution in [2.24, 2.45) is 4.99 Å². The Morgan fingerprint density at radius 1 is 1.07 bits per heavy atom. The maximum atomic E-state index is 12.5. The molecule has 0 aliphatic carbocycles. The molecule has 0 aliphatic rings. The van der Waals surface area contributed by atoms with Crippen LogP contribution in [0.5, 0.6) is 5.75 Å². The lowest BCUT2D eigenvalue weighted by Crippen LogP contribution is -2.32. The zero-order valence-electron chi connectivity index (χ0n) is 15.0. The van der Waals surface area contributed by atoms with Crippen molar-refractivity contribution in [3.63, 3.8) is 0 Å². The van der Waals surface area contributed by atoms with Gasteiger partial charge in [0.05, 0.1) is 12.1 Å². The summed E-state index contributed by atoms with van der Waals surface area (Å²) in [6, 6.07) is 12.7. The Labute approximate surface area is 160 Å². The molecule has 0 radical (unpaired) electrons. The highest BCUT2D eigenvalue weighted by Gasteiger charge is 2.13. The van der Waals surface area contributed by atoms with Gasteiger partial charge in [0.25, 0.3) is 0 Å². The molecule has 0 heterocycles. The van der Waals surface area contributed by atoms with Crippen LogP contribution in [-0.2, 0) is 14.4 Å². The SMILES string of the molecule is CC(CC(=O)NCC(=O)O)Oc1ccc(C(=O)c2ccc(N=C=O)cc2)cc1. The van der Waals surface area contributed by atoms with Crippen molar-refractivity contribution in [2.75, 3.05) is 6.54 Å². The second-order valence-corrected chi connectivity index (χ2v) is 5.91. The van der Waals surface area contributed by atoms with E-state index in [0.29, 0.717) is 22.6 Å². The minimum atomic E-state index is -1.12. The van der Waals surface area contributed by atoms with Crippen molar-refractivity contribution in [3.8, 4) is 5.75 Å². The molecule has 2 aromatic rings. The summed E-state index contributed by atoms with van der Waals surface area (Å²) in [5, 5.41) is 10.8. The van der Waals surface area contributed by atoms with E-state index in [4.69, 9.17) is 9.84 Å². The molecule has 8 heteroatoms. The number of aliphatic imine (C=N–C) groups is 1. The average molecular weight is 382 g/mol. The monoisotopic (exact) mass is 382 g/mol. The molecule has 2 aromatic carbocycles. The Bertz CT molecular complexity index is 899. The Kier molecular flexibility index (Phi) is 7.19. The van der Waals surface area contributed by atoms with Crippen LogP contribution in [0.2, 0.25) is 0 Å². The molecule has 2 rings (SSSR count). The minimum Gasteiger partial charge on any atom is -0.490 e. The zero-order valence-corrected chi connectivity index (χ0v) is 15.0. The van der Waals surface area contributed by atoms with Crippen LogP contribution in [0.1, 0.15) is 29.3 Å². The van der Waals surface area contributed by atoms with Gasteiger partial charge in [0.15, 0.2) is 5.78 Å². The maximum absolute atomic E-state index is 12.5. The second kappa shape index (κ2) is 9.80. The van der Waals surface area contributed by atoms with Gasteiger partial charge in [0.1, 0.15) is 18.4 Å². The normalized spacial score (nSPS) is 11.0. The first kappa shape index (κ1) is 20.5. The molecule has 1 unspecified atom stereocenters. The molecule has 28 heavy (non-hydrogen) atoms. The molecule has 144 valence electrons. The number of carboxylic acid groups (broad SMARTS) is 1. The van der Waals surface area contributed by atoms with E-state index in [0.717, 1.165) is 0 Å².